The van der Waals surface area contributed by atoms with Crippen LogP contribution in [-0.2, 0) is 17.0 Å². The van der Waals surface area contributed by atoms with E-state index in [4.69, 9.17) is 11.6 Å². The van der Waals surface area contributed by atoms with Gasteiger partial charge >= 0.3 is 0 Å². The molecule has 1 fully saturated rings. The van der Waals surface area contributed by atoms with Crippen molar-refractivity contribution in [3.8, 4) is 0 Å². The van der Waals surface area contributed by atoms with Crippen LogP contribution in [0.5, 0.6) is 0 Å². The molecular weight excluding hydrogens is 434 g/mol. The predicted molar refractivity (Wildman–Crippen MR) is 123 cm³/mol. The van der Waals surface area contributed by atoms with E-state index in [1.165, 1.54) is 17.8 Å². The summed E-state index contributed by atoms with van der Waals surface area (Å²) >= 11 is 7.43. The van der Waals surface area contributed by atoms with Crippen LogP contribution >= 0.6 is 23.4 Å². The molecule has 31 heavy (non-hydrogen) atoms. The van der Waals surface area contributed by atoms with Crippen LogP contribution in [0.4, 0.5) is 5.82 Å². The van der Waals surface area contributed by atoms with Gasteiger partial charge in [0, 0.05) is 49.2 Å². The van der Waals surface area contributed by atoms with Gasteiger partial charge in [-0.2, -0.15) is 0 Å². The molecule has 0 aliphatic carbocycles. The highest BCUT2D eigenvalue weighted by molar-refractivity contribution is 7.98. The highest BCUT2D eigenvalue weighted by atomic mass is 35.5. The largest absolute Gasteiger partial charge is 0.353 e. The summed E-state index contributed by atoms with van der Waals surface area (Å²) in [5, 5.41) is 1.16. The van der Waals surface area contributed by atoms with Gasteiger partial charge in [-0.1, -0.05) is 41.6 Å². The zero-order chi connectivity index (χ0) is 21.6. The number of aromatic amines is 1. The number of carbonyl (C=O) groups excluding carboxylic acids is 1. The Bertz CT molecular complexity index is 1100. The molecule has 2 aromatic heterocycles. The first-order valence-electron chi connectivity index (χ1n) is 9.98. The molecule has 160 valence electrons. The summed E-state index contributed by atoms with van der Waals surface area (Å²) in [5.74, 6) is 1.52. The topological polar surface area (TPSA) is 82.2 Å². The molecule has 3 heterocycles. The van der Waals surface area contributed by atoms with Crippen LogP contribution < -0.4 is 10.5 Å². The number of aromatic nitrogens is 3. The molecule has 7 nitrogen and oxygen atoms in total. The third-order valence-electron chi connectivity index (χ3n) is 4.98. The number of hydrogen-bond acceptors (Lipinski definition) is 6. The van der Waals surface area contributed by atoms with E-state index in [-0.39, 0.29) is 17.9 Å². The van der Waals surface area contributed by atoms with Gasteiger partial charge in [0.15, 0.2) is 5.16 Å². The van der Waals surface area contributed by atoms with Crippen molar-refractivity contribution in [2.24, 2.45) is 0 Å². The molecule has 9 heteroatoms. The third-order valence-corrected chi connectivity index (χ3v) is 6.16. The molecule has 1 aliphatic rings. The van der Waals surface area contributed by atoms with Gasteiger partial charge in [0.05, 0.1) is 12.1 Å². The zero-order valence-corrected chi connectivity index (χ0v) is 18.4. The van der Waals surface area contributed by atoms with Crippen molar-refractivity contribution < 1.29 is 4.79 Å². The molecule has 0 unspecified atom stereocenters. The Hall–Kier alpha value is -2.84. The maximum atomic E-state index is 12.8. The number of nitrogens with zero attached hydrogens (tertiary/aromatic N) is 4. The van der Waals surface area contributed by atoms with Crippen LogP contribution in [0, 0.1) is 0 Å². The molecule has 0 bridgehead atoms. The van der Waals surface area contributed by atoms with E-state index < -0.39 is 0 Å². The maximum Gasteiger partial charge on any atom is 0.251 e. The first-order valence-corrected chi connectivity index (χ1v) is 11.3. The molecule has 1 N–H and O–H groups in total. The van der Waals surface area contributed by atoms with E-state index in [1.54, 1.807) is 6.20 Å². The van der Waals surface area contributed by atoms with Crippen LogP contribution in [0.2, 0.25) is 5.02 Å². The number of anilines is 1. The summed E-state index contributed by atoms with van der Waals surface area (Å²) in [5.41, 5.74) is 1.26. The summed E-state index contributed by atoms with van der Waals surface area (Å²) in [7, 11) is 0. The van der Waals surface area contributed by atoms with E-state index >= 15 is 0 Å². The maximum absolute atomic E-state index is 12.8. The Morgan fingerprint density at radius 2 is 1.94 bits per heavy atom. The van der Waals surface area contributed by atoms with Gasteiger partial charge in [-0.05, 0) is 29.8 Å². The fourth-order valence-corrected chi connectivity index (χ4v) is 4.46. The number of amides is 1. The van der Waals surface area contributed by atoms with Crippen LogP contribution in [0.15, 0.2) is 64.7 Å². The summed E-state index contributed by atoms with van der Waals surface area (Å²) in [6.07, 6.45) is 1.88. The smallest absolute Gasteiger partial charge is 0.251 e. The minimum atomic E-state index is -0.258. The average molecular weight is 456 g/mol. The Morgan fingerprint density at radius 1 is 1.10 bits per heavy atom. The Kier molecular flexibility index (Phi) is 6.89. The van der Waals surface area contributed by atoms with Crippen molar-refractivity contribution >= 4 is 35.1 Å². The molecule has 1 amide bonds. The fraction of sp³-hybridized carbons (Fsp3) is 0.273. The van der Waals surface area contributed by atoms with Gasteiger partial charge in [0.1, 0.15) is 5.82 Å². The van der Waals surface area contributed by atoms with E-state index in [0.717, 1.165) is 24.5 Å². The van der Waals surface area contributed by atoms with Gasteiger partial charge in [-0.25, -0.2) is 9.97 Å². The second-order valence-electron chi connectivity index (χ2n) is 7.19. The van der Waals surface area contributed by atoms with Crippen molar-refractivity contribution in [2.45, 2.75) is 17.3 Å². The van der Waals surface area contributed by atoms with E-state index in [1.807, 2.05) is 47.4 Å². The highest BCUT2D eigenvalue weighted by Gasteiger charge is 2.22. The molecule has 4 rings (SSSR count). The molecule has 1 aliphatic heterocycles. The standard InChI is InChI=1S/C22H22ClN5O2S/c23-17-5-3-4-16(12-17)15-31-22-25-18(13-20(29)26-22)14-21(30)28-10-8-27(9-11-28)19-6-1-2-7-24-19/h1-7,12-13H,8-11,14-15H2,(H,25,26,29). The van der Waals surface area contributed by atoms with Gasteiger partial charge in [-0.15, -0.1) is 0 Å². The number of halogens is 1. The van der Waals surface area contributed by atoms with Gasteiger partial charge in [-0.3, -0.25) is 9.59 Å². The van der Waals surface area contributed by atoms with Gasteiger partial charge < -0.3 is 14.8 Å². The number of pyridine rings is 1. The lowest BCUT2D eigenvalue weighted by Gasteiger charge is -2.35. The number of hydrogen-bond donors (Lipinski definition) is 1. The monoisotopic (exact) mass is 455 g/mol. The van der Waals surface area contributed by atoms with E-state index in [2.05, 4.69) is 19.9 Å². The highest BCUT2D eigenvalue weighted by Crippen LogP contribution is 2.21. The summed E-state index contributed by atoms with van der Waals surface area (Å²) in [6, 6.07) is 14.8. The second-order valence-corrected chi connectivity index (χ2v) is 8.59. The van der Waals surface area contributed by atoms with Gasteiger partial charge in [0.2, 0.25) is 5.91 Å². The Morgan fingerprint density at radius 3 is 2.68 bits per heavy atom. The van der Waals surface area contributed by atoms with Crippen LogP contribution in [0.25, 0.3) is 0 Å². The van der Waals surface area contributed by atoms with Crippen molar-refractivity contribution in [2.75, 3.05) is 31.1 Å². The third kappa shape index (κ3) is 5.86. The number of benzene rings is 1. The fourth-order valence-electron chi connectivity index (χ4n) is 3.41. The second kappa shape index (κ2) is 9.98. The lowest BCUT2D eigenvalue weighted by Crippen LogP contribution is -2.49. The summed E-state index contributed by atoms with van der Waals surface area (Å²) in [6.45, 7) is 2.70. The molecule has 0 saturated carbocycles. The van der Waals surface area contributed by atoms with Crippen molar-refractivity contribution in [1.29, 1.82) is 0 Å². The number of nitrogens with one attached hydrogen (secondary N) is 1. The number of thioether (sulfide) groups is 1. The lowest BCUT2D eigenvalue weighted by atomic mass is 10.2. The first kappa shape index (κ1) is 21.4. The molecule has 1 aromatic carbocycles. The Labute approximate surface area is 189 Å². The minimum absolute atomic E-state index is 0.0236. The van der Waals surface area contributed by atoms with E-state index in [0.29, 0.717) is 34.7 Å². The SMILES string of the molecule is O=C(Cc1cc(=O)[nH]c(SCc2cccc(Cl)c2)n1)N1CCN(c2ccccn2)CC1. The summed E-state index contributed by atoms with van der Waals surface area (Å²) < 4.78 is 0. The van der Waals surface area contributed by atoms with Crippen LogP contribution in [0.1, 0.15) is 11.3 Å². The first-order chi connectivity index (χ1) is 15.1. The van der Waals surface area contributed by atoms with Gasteiger partial charge in [0.25, 0.3) is 5.56 Å². The number of rotatable bonds is 6. The molecule has 0 spiro atoms. The van der Waals surface area contributed by atoms with Crippen LogP contribution in [-0.4, -0.2) is 51.9 Å². The molecule has 0 atom stereocenters. The number of piperazine rings is 1. The van der Waals surface area contributed by atoms with Crippen LogP contribution in [0.3, 0.4) is 0 Å². The normalized spacial score (nSPS) is 14.0. The van der Waals surface area contributed by atoms with E-state index in [9.17, 15) is 9.59 Å². The Balaban J connectivity index is 1.34. The van der Waals surface area contributed by atoms with Crippen molar-refractivity contribution in [3.05, 3.63) is 81.4 Å². The molecular formula is C22H22ClN5O2S. The molecule has 3 aromatic rings. The minimum Gasteiger partial charge on any atom is -0.353 e. The van der Waals surface area contributed by atoms with Crippen molar-refractivity contribution in [3.63, 3.8) is 0 Å². The average Bonchev–Trinajstić information content (AvgIpc) is 2.78. The number of carbonyl (C=O) groups is 1. The quantitative estimate of drug-likeness (QED) is 0.454. The zero-order valence-electron chi connectivity index (χ0n) is 16.8. The van der Waals surface area contributed by atoms with Crippen molar-refractivity contribution in [1.82, 2.24) is 19.9 Å². The molecule has 0 radical (unpaired) electrons. The molecule has 1 saturated heterocycles. The summed E-state index contributed by atoms with van der Waals surface area (Å²) in [4.78, 5) is 40.4. The lowest BCUT2D eigenvalue weighted by molar-refractivity contribution is -0.130. The number of H-pyrrole nitrogens is 1. The predicted octanol–water partition coefficient (Wildman–Crippen LogP) is 3.00.